The minimum atomic E-state index is 0.673. The SMILES string of the molecule is C=C(c1ccccc1)N(CCC)CC(C)C. The van der Waals surface area contributed by atoms with Crippen molar-refractivity contribution < 1.29 is 0 Å². The molecule has 0 aliphatic rings. The largest absolute Gasteiger partial charge is 0.371 e. The average molecular weight is 217 g/mol. The van der Waals surface area contributed by atoms with Gasteiger partial charge in [0.25, 0.3) is 0 Å². The Hall–Kier alpha value is -1.24. The highest BCUT2D eigenvalue weighted by atomic mass is 15.1. The smallest absolute Gasteiger partial charge is 0.0366 e. The summed E-state index contributed by atoms with van der Waals surface area (Å²) in [4.78, 5) is 2.39. The highest BCUT2D eigenvalue weighted by Gasteiger charge is 2.09. The first kappa shape index (κ1) is 12.8. The van der Waals surface area contributed by atoms with E-state index in [1.807, 2.05) is 6.07 Å². The fourth-order valence-corrected chi connectivity index (χ4v) is 1.86. The molecule has 0 atom stereocenters. The molecule has 0 heterocycles. The minimum Gasteiger partial charge on any atom is -0.371 e. The predicted octanol–water partition coefficient (Wildman–Crippen LogP) is 4.03. The number of hydrogen-bond acceptors (Lipinski definition) is 1. The van der Waals surface area contributed by atoms with E-state index in [2.05, 4.69) is 56.5 Å². The summed E-state index contributed by atoms with van der Waals surface area (Å²) in [6.45, 7) is 13.1. The van der Waals surface area contributed by atoms with Crippen molar-refractivity contribution in [1.29, 1.82) is 0 Å². The Labute approximate surface area is 99.8 Å². The lowest BCUT2D eigenvalue weighted by Gasteiger charge is -2.28. The molecule has 0 fully saturated rings. The van der Waals surface area contributed by atoms with Gasteiger partial charge in [0.15, 0.2) is 0 Å². The third-order valence-corrected chi connectivity index (χ3v) is 2.57. The summed E-state index contributed by atoms with van der Waals surface area (Å²) in [5, 5.41) is 0. The number of hydrogen-bond donors (Lipinski definition) is 0. The molecule has 0 bridgehead atoms. The first-order valence-electron chi connectivity index (χ1n) is 6.14. The van der Waals surface area contributed by atoms with Crippen LogP contribution in [-0.2, 0) is 0 Å². The van der Waals surface area contributed by atoms with Crippen molar-refractivity contribution in [2.24, 2.45) is 5.92 Å². The van der Waals surface area contributed by atoms with Crippen LogP contribution in [0.15, 0.2) is 36.9 Å². The number of rotatable bonds is 6. The second kappa shape index (κ2) is 6.37. The van der Waals surface area contributed by atoms with Gasteiger partial charge in [0.1, 0.15) is 0 Å². The van der Waals surface area contributed by atoms with E-state index in [4.69, 9.17) is 0 Å². The molecule has 0 saturated carbocycles. The maximum atomic E-state index is 4.22. The zero-order valence-corrected chi connectivity index (χ0v) is 10.7. The first-order chi connectivity index (χ1) is 7.65. The summed E-state index contributed by atoms with van der Waals surface area (Å²) in [5.41, 5.74) is 2.38. The van der Waals surface area contributed by atoms with E-state index in [9.17, 15) is 0 Å². The van der Waals surface area contributed by atoms with Crippen LogP contribution in [0.4, 0.5) is 0 Å². The lowest BCUT2D eigenvalue weighted by molar-refractivity contribution is 0.348. The van der Waals surface area contributed by atoms with Gasteiger partial charge in [-0.3, -0.25) is 0 Å². The molecule has 1 aromatic rings. The molecule has 1 aromatic carbocycles. The maximum absolute atomic E-state index is 4.22. The van der Waals surface area contributed by atoms with Gasteiger partial charge in [-0.05, 0) is 17.9 Å². The van der Waals surface area contributed by atoms with Gasteiger partial charge in [0.2, 0.25) is 0 Å². The van der Waals surface area contributed by atoms with E-state index in [1.54, 1.807) is 0 Å². The van der Waals surface area contributed by atoms with Crippen LogP contribution in [0.2, 0.25) is 0 Å². The number of nitrogens with zero attached hydrogens (tertiary/aromatic N) is 1. The van der Waals surface area contributed by atoms with E-state index in [0.717, 1.165) is 18.8 Å². The Bertz CT molecular complexity index is 313. The van der Waals surface area contributed by atoms with Crippen molar-refractivity contribution >= 4 is 5.70 Å². The van der Waals surface area contributed by atoms with Crippen LogP contribution >= 0.6 is 0 Å². The molecule has 1 nitrogen and oxygen atoms in total. The van der Waals surface area contributed by atoms with Gasteiger partial charge in [0.05, 0.1) is 0 Å². The summed E-state index contributed by atoms with van der Waals surface area (Å²) in [5.74, 6) is 0.673. The van der Waals surface area contributed by atoms with Crippen LogP contribution in [0.3, 0.4) is 0 Å². The molecule has 1 heteroatoms. The van der Waals surface area contributed by atoms with Crippen LogP contribution in [-0.4, -0.2) is 18.0 Å². The summed E-state index contributed by atoms with van der Waals surface area (Å²) in [6.07, 6.45) is 1.17. The lowest BCUT2D eigenvalue weighted by Crippen LogP contribution is -2.26. The van der Waals surface area contributed by atoms with Gasteiger partial charge in [-0.25, -0.2) is 0 Å². The molecular formula is C15H23N. The molecule has 0 amide bonds. The molecule has 16 heavy (non-hydrogen) atoms. The third kappa shape index (κ3) is 3.73. The van der Waals surface area contributed by atoms with Crippen molar-refractivity contribution in [2.45, 2.75) is 27.2 Å². The summed E-state index contributed by atoms with van der Waals surface area (Å²) in [7, 11) is 0. The van der Waals surface area contributed by atoms with E-state index in [1.165, 1.54) is 12.0 Å². The number of benzene rings is 1. The second-order valence-corrected chi connectivity index (χ2v) is 4.65. The summed E-state index contributed by atoms with van der Waals surface area (Å²) in [6, 6.07) is 10.4. The highest BCUT2D eigenvalue weighted by Crippen LogP contribution is 2.18. The molecule has 0 aromatic heterocycles. The van der Waals surface area contributed by atoms with Gasteiger partial charge < -0.3 is 4.90 Å². The first-order valence-corrected chi connectivity index (χ1v) is 6.14. The van der Waals surface area contributed by atoms with Crippen LogP contribution in [0, 0.1) is 5.92 Å². The minimum absolute atomic E-state index is 0.673. The second-order valence-electron chi connectivity index (χ2n) is 4.65. The molecule has 0 saturated heterocycles. The van der Waals surface area contributed by atoms with Crippen molar-refractivity contribution in [3.63, 3.8) is 0 Å². The molecule has 0 aliphatic heterocycles. The monoisotopic (exact) mass is 217 g/mol. The van der Waals surface area contributed by atoms with Crippen LogP contribution in [0.1, 0.15) is 32.8 Å². The fraction of sp³-hybridized carbons (Fsp3) is 0.467. The average Bonchev–Trinajstić information content (AvgIpc) is 2.28. The Morgan fingerprint density at radius 2 is 1.88 bits per heavy atom. The lowest BCUT2D eigenvalue weighted by atomic mass is 10.1. The van der Waals surface area contributed by atoms with Gasteiger partial charge in [0, 0.05) is 18.8 Å². The van der Waals surface area contributed by atoms with E-state index in [0.29, 0.717) is 5.92 Å². The van der Waals surface area contributed by atoms with Crippen molar-refractivity contribution in [2.75, 3.05) is 13.1 Å². The Kier molecular flexibility index (Phi) is 5.10. The molecule has 0 radical (unpaired) electrons. The fourth-order valence-electron chi connectivity index (χ4n) is 1.86. The zero-order valence-electron chi connectivity index (χ0n) is 10.7. The summed E-state index contributed by atoms with van der Waals surface area (Å²) >= 11 is 0. The zero-order chi connectivity index (χ0) is 12.0. The van der Waals surface area contributed by atoms with Crippen molar-refractivity contribution in [3.05, 3.63) is 42.5 Å². The molecule has 0 aliphatic carbocycles. The standard InChI is InChI=1S/C15H23N/c1-5-11-16(12-13(2)3)14(4)15-9-7-6-8-10-15/h6-10,13H,4-5,11-12H2,1-3H3. The van der Waals surface area contributed by atoms with Crippen molar-refractivity contribution in [3.8, 4) is 0 Å². The molecule has 88 valence electrons. The van der Waals surface area contributed by atoms with Crippen molar-refractivity contribution in [1.82, 2.24) is 4.90 Å². The highest BCUT2D eigenvalue weighted by molar-refractivity contribution is 5.61. The normalized spacial score (nSPS) is 10.5. The molecule has 1 rings (SSSR count). The van der Waals surface area contributed by atoms with Crippen LogP contribution in [0.25, 0.3) is 5.70 Å². The molecule has 0 N–H and O–H groups in total. The van der Waals surface area contributed by atoms with Gasteiger partial charge >= 0.3 is 0 Å². The summed E-state index contributed by atoms with van der Waals surface area (Å²) < 4.78 is 0. The molecule has 0 unspecified atom stereocenters. The maximum Gasteiger partial charge on any atom is 0.0366 e. The molecular weight excluding hydrogens is 194 g/mol. The van der Waals surface area contributed by atoms with Crippen LogP contribution in [0.5, 0.6) is 0 Å². The predicted molar refractivity (Wildman–Crippen MR) is 72.2 cm³/mol. The van der Waals surface area contributed by atoms with E-state index < -0.39 is 0 Å². The van der Waals surface area contributed by atoms with Gasteiger partial charge in [-0.1, -0.05) is 57.7 Å². The van der Waals surface area contributed by atoms with E-state index >= 15 is 0 Å². The Balaban J connectivity index is 2.74. The third-order valence-electron chi connectivity index (χ3n) is 2.57. The van der Waals surface area contributed by atoms with E-state index in [-0.39, 0.29) is 0 Å². The Morgan fingerprint density at radius 1 is 1.25 bits per heavy atom. The van der Waals surface area contributed by atoms with Gasteiger partial charge in [-0.15, -0.1) is 0 Å². The topological polar surface area (TPSA) is 3.24 Å². The molecule has 0 spiro atoms. The Morgan fingerprint density at radius 3 is 2.38 bits per heavy atom. The quantitative estimate of drug-likeness (QED) is 0.695. The van der Waals surface area contributed by atoms with Crippen LogP contribution < -0.4 is 0 Å². The van der Waals surface area contributed by atoms with Gasteiger partial charge in [-0.2, -0.15) is 0 Å².